The molecule has 2 aliphatic rings. The van der Waals surface area contributed by atoms with Gasteiger partial charge in [-0.2, -0.15) is 5.26 Å². The van der Waals surface area contributed by atoms with Gasteiger partial charge in [0.15, 0.2) is 5.78 Å². The number of fused-ring (bicyclic) bond motifs is 1. The molecule has 0 unspecified atom stereocenters. The van der Waals surface area contributed by atoms with E-state index in [0.29, 0.717) is 12.0 Å². The Morgan fingerprint density at radius 1 is 1.03 bits per heavy atom. The van der Waals surface area contributed by atoms with Crippen LogP contribution in [0, 0.1) is 11.3 Å². The van der Waals surface area contributed by atoms with Gasteiger partial charge in [-0.05, 0) is 56.4 Å². The molecule has 2 aromatic carbocycles. The van der Waals surface area contributed by atoms with E-state index in [2.05, 4.69) is 48.9 Å². The Hall–Kier alpha value is -3.78. The Kier molecular flexibility index (Phi) is 4.90. The molecular weight excluding hydrogens is 410 g/mol. The van der Waals surface area contributed by atoms with Crippen molar-refractivity contribution in [3.8, 4) is 11.8 Å². The fraction of sp³-hybridized carbons (Fsp3) is 0.286. The number of rotatable bonds is 2. The standard InChI is InChI=1S/C28H27N3O2/c1-28(2,3)31-16-20(15-29)25-24(18-9-11-21(32)12-10-18)26-22(30-27(25)31)13-19(14-23(26)33)17-7-5-4-6-8-17/h4-12,16,19,24,30,32H,13-14H2,1-3H3/t19-,24-/m1/s1. The Labute approximate surface area is 194 Å². The van der Waals surface area contributed by atoms with E-state index in [-0.39, 0.29) is 28.9 Å². The highest BCUT2D eigenvalue weighted by molar-refractivity contribution is 6.02. The number of Topliss-reactive ketones (excluding diaryl/α,β-unsaturated/α-hetero) is 1. The van der Waals surface area contributed by atoms with Crippen molar-refractivity contribution in [1.29, 1.82) is 5.26 Å². The molecule has 5 heteroatoms. The van der Waals surface area contributed by atoms with Gasteiger partial charge in [-0.25, -0.2) is 0 Å². The highest BCUT2D eigenvalue weighted by atomic mass is 16.3. The van der Waals surface area contributed by atoms with E-state index in [1.54, 1.807) is 12.1 Å². The van der Waals surface area contributed by atoms with Crippen LogP contribution in [0.25, 0.3) is 0 Å². The number of carbonyl (C=O) groups excluding carboxylic acids is 1. The number of nitrogens with zero attached hydrogens (tertiary/aromatic N) is 2. The quantitative estimate of drug-likeness (QED) is 0.533. The molecule has 1 aromatic heterocycles. The Morgan fingerprint density at radius 2 is 1.73 bits per heavy atom. The normalized spacial score (nSPS) is 20.0. The predicted octanol–water partition coefficient (Wildman–Crippen LogP) is 5.78. The van der Waals surface area contributed by atoms with Gasteiger partial charge < -0.3 is 15.0 Å². The number of phenols is 1. The van der Waals surface area contributed by atoms with Gasteiger partial charge in [0.25, 0.3) is 0 Å². The largest absolute Gasteiger partial charge is 0.508 e. The van der Waals surface area contributed by atoms with Crippen molar-refractivity contribution >= 4 is 11.6 Å². The molecule has 33 heavy (non-hydrogen) atoms. The molecule has 0 saturated carbocycles. The van der Waals surface area contributed by atoms with E-state index in [1.807, 2.05) is 36.5 Å². The van der Waals surface area contributed by atoms with Crippen LogP contribution in [0.2, 0.25) is 0 Å². The number of nitriles is 1. The molecule has 0 radical (unpaired) electrons. The van der Waals surface area contributed by atoms with Gasteiger partial charge in [-0.1, -0.05) is 42.5 Å². The van der Waals surface area contributed by atoms with Crippen LogP contribution in [0.3, 0.4) is 0 Å². The number of aromatic nitrogens is 1. The molecule has 1 aliphatic carbocycles. The average molecular weight is 438 g/mol. The molecular formula is C28H27N3O2. The lowest BCUT2D eigenvalue weighted by atomic mass is 9.72. The van der Waals surface area contributed by atoms with Gasteiger partial charge in [0.2, 0.25) is 0 Å². The number of ketones is 1. The summed E-state index contributed by atoms with van der Waals surface area (Å²) in [6, 6.07) is 19.5. The number of hydrogen-bond acceptors (Lipinski definition) is 4. The van der Waals surface area contributed by atoms with Crippen molar-refractivity contribution in [2.24, 2.45) is 0 Å². The first-order valence-electron chi connectivity index (χ1n) is 11.3. The van der Waals surface area contributed by atoms with Crippen molar-refractivity contribution in [3.63, 3.8) is 0 Å². The monoisotopic (exact) mass is 437 g/mol. The minimum Gasteiger partial charge on any atom is -0.508 e. The maximum absolute atomic E-state index is 13.6. The van der Waals surface area contributed by atoms with E-state index in [9.17, 15) is 15.2 Å². The third-order valence-electron chi connectivity index (χ3n) is 6.74. The number of hydrogen-bond donors (Lipinski definition) is 2. The summed E-state index contributed by atoms with van der Waals surface area (Å²) in [5.74, 6) is 0.917. The fourth-order valence-electron chi connectivity index (χ4n) is 5.19. The molecule has 5 rings (SSSR count). The molecule has 3 aromatic rings. The van der Waals surface area contributed by atoms with E-state index in [1.165, 1.54) is 0 Å². The lowest BCUT2D eigenvalue weighted by molar-refractivity contribution is -0.116. The van der Waals surface area contributed by atoms with Gasteiger partial charge in [0.05, 0.1) is 5.56 Å². The fourth-order valence-corrected chi connectivity index (χ4v) is 5.19. The number of anilines is 1. The average Bonchev–Trinajstić information content (AvgIpc) is 3.18. The smallest absolute Gasteiger partial charge is 0.162 e. The Bertz CT molecular complexity index is 1300. The van der Waals surface area contributed by atoms with Gasteiger partial charge in [0, 0.05) is 40.9 Å². The maximum atomic E-state index is 13.6. The van der Waals surface area contributed by atoms with Crippen LogP contribution in [-0.2, 0) is 10.3 Å². The number of carbonyl (C=O) groups is 1. The molecule has 166 valence electrons. The van der Waals surface area contributed by atoms with E-state index >= 15 is 0 Å². The predicted molar refractivity (Wildman–Crippen MR) is 128 cm³/mol. The molecule has 1 aliphatic heterocycles. The zero-order valence-electron chi connectivity index (χ0n) is 19.1. The molecule has 5 nitrogen and oxygen atoms in total. The Balaban J connectivity index is 1.72. The van der Waals surface area contributed by atoms with Crippen LogP contribution in [-0.4, -0.2) is 15.5 Å². The van der Waals surface area contributed by atoms with Gasteiger partial charge in [-0.3, -0.25) is 4.79 Å². The molecule has 0 amide bonds. The molecule has 2 heterocycles. The SMILES string of the molecule is CC(C)(C)n1cc(C#N)c2c1NC1=C(C(=O)C[C@H](c3ccccc3)C1)[C@@H]2c1ccc(O)cc1. The van der Waals surface area contributed by atoms with Crippen molar-refractivity contribution < 1.29 is 9.90 Å². The second-order valence-electron chi connectivity index (χ2n) is 9.94. The summed E-state index contributed by atoms with van der Waals surface area (Å²) >= 11 is 0. The van der Waals surface area contributed by atoms with Gasteiger partial charge in [-0.15, -0.1) is 0 Å². The van der Waals surface area contributed by atoms with Crippen LogP contribution in [0.4, 0.5) is 5.82 Å². The van der Waals surface area contributed by atoms with Crippen molar-refractivity contribution in [1.82, 2.24) is 4.57 Å². The van der Waals surface area contributed by atoms with Crippen LogP contribution in [0.5, 0.6) is 5.75 Å². The first kappa shape index (κ1) is 21.1. The lowest BCUT2D eigenvalue weighted by Crippen LogP contribution is -2.32. The number of phenolic OH excluding ortho intramolecular Hbond substituents is 1. The molecule has 0 saturated heterocycles. The first-order chi connectivity index (χ1) is 15.8. The van der Waals surface area contributed by atoms with Crippen LogP contribution >= 0.6 is 0 Å². The van der Waals surface area contributed by atoms with Crippen LogP contribution < -0.4 is 5.32 Å². The topological polar surface area (TPSA) is 78.0 Å². The summed E-state index contributed by atoms with van der Waals surface area (Å²) in [6.07, 6.45) is 3.06. The van der Waals surface area contributed by atoms with E-state index < -0.39 is 0 Å². The third-order valence-corrected chi connectivity index (χ3v) is 6.74. The summed E-state index contributed by atoms with van der Waals surface area (Å²) in [5, 5.41) is 23.5. The second kappa shape index (κ2) is 7.67. The molecule has 0 bridgehead atoms. The van der Waals surface area contributed by atoms with Crippen molar-refractivity contribution in [2.45, 2.75) is 51.0 Å². The van der Waals surface area contributed by atoms with E-state index in [4.69, 9.17) is 0 Å². The maximum Gasteiger partial charge on any atom is 0.162 e. The number of benzene rings is 2. The van der Waals surface area contributed by atoms with Crippen LogP contribution in [0.15, 0.2) is 72.1 Å². The summed E-state index contributed by atoms with van der Waals surface area (Å²) in [6.45, 7) is 6.32. The zero-order chi connectivity index (χ0) is 23.3. The van der Waals surface area contributed by atoms with Crippen molar-refractivity contribution in [3.05, 3.63) is 94.3 Å². The van der Waals surface area contributed by atoms with Crippen molar-refractivity contribution in [2.75, 3.05) is 5.32 Å². The minimum atomic E-state index is -0.348. The summed E-state index contributed by atoms with van der Waals surface area (Å²) in [5.41, 5.74) is 4.88. The lowest BCUT2D eigenvalue weighted by Gasteiger charge is -2.37. The minimum absolute atomic E-state index is 0.105. The summed E-state index contributed by atoms with van der Waals surface area (Å²) in [7, 11) is 0. The summed E-state index contributed by atoms with van der Waals surface area (Å²) < 4.78 is 2.11. The van der Waals surface area contributed by atoms with Gasteiger partial charge in [0.1, 0.15) is 17.6 Å². The molecule has 0 fully saturated rings. The van der Waals surface area contributed by atoms with Gasteiger partial charge >= 0.3 is 0 Å². The number of allylic oxidation sites excluding steroid dienone is 2. The van der Waals surface area contributed by atoms with E-state index in [0.717, 1.165) is 40.2 Å². The number of nitrogens with one attached hydrogen (secondary N) is 1. The summed E-state index contributed by atoms with van der Waals surface area (Å²) in [4.78, 5) is 13.6. The Morgan fingerprint density at radius 3 is 2.36 bits per heavy atom. The molecule has 2 N–H and O–H groups in total. The zero-order valence-corrected chi connectivity index (χ0v) is 19.1. The molecule has 2 atom stereocenters. The third kappa shape index (κ3) is 3.52. The number of aromatic hydroxyl groups is 1. The highest BCUT2D eigenvalue weighted by Gasteiger charge is 2.42. The molecule has 0 spiro atoms. The highest BCUT2D eigenvalue weighted by Crippen LogP contribution is 2.50. The van der Waals surface area contributed by atoms with Crippen LogP contribution in [0.1, 0.15) is 67.7 Å². The second-order valence-corrected chi connectivity index (χ2v) is 9.94. The first-order valence-corrected chi connectivity index (χ1v) is 11.3.